The van der Waals surface area contributed by atoms with Crippen LogP contribution in [0.15, 0.2) is 49.1 Å². The van der Waals surface area contributed by atoms with Gasteiger partial charge >= 0.3 is 0 Å². The molecule has 1 N–H and O–H groups in total. The molecule has 2 aromatic heterocycles. The Kier molecular flexibility index (Phi) is 4.72. The molecule has 0 aliphatic carbocycles. The third-order valence-corrected chi connectivity index (χ3v) is 4.91. The van der Waals surface area contributed by atoms with E-state index in [0.29, 0.717) is 6.54 Å². The van der Waals surface area contributed by atoms with E-state index in [1.807, 2.05) is 36.7 Å². The number of nitrogens with zero attached hydrogens (tertiary/aromatic N) is 3. The summed E-state index contributed by atoms with van der Waals surface area (Å²) in [7, 11) is 0. The highest BCUT2D eigenvalue weighted by Gasteiger charge is 2.44. The monoisotopic (exact) mass is 338 g/mol. The molecule has 2 fully saturated rings. The number of ether oxygens (including phenoxy) is 1. The Bertz CT molecular complexity index is 710. The normalized spacial score (nSPS) is 25.7. The second-order valence-corrected chi connectivity index (χ2v) is 6.77. The van der Waals surface area contributed by atoms with Crippen molar-refractivity contribution < 1.29 is 9.53 Å². The quantitative estimate of drug-likeness (QED) is 0.892. The molecule has 3 unspecified atom stereocenters. The number of morpholine rings is 1. The van der Waals surface area contributed by atoms with E-state index < -0.39 is 0 Å². The van der Waals surface area contributed by atoms with E-state index >= 15 is 0 Å². The lowest BCUT2D eigenvalue weighted by Gasteiger charge is -2.32. The number of hydrogen-bond acceptors (Lipinski definition) is 5. The Labute approximate surface area is 147 Å². The fourth-order valence-corrected chi connectivity index (χ4v) is 3.71. The first kappa shape index (κ1) is 16.2. The number of pyridine rings is 2. The molecule has 130 valence electrons. The van der Waals surface area contributed by atoms with E-state index in [2.05, 4.69) is 20.2 Å². The fourth-order valence-electron chi connectivity index (χ4n) is 3.71. The van der Waals surface area contributed by atoms with Gasteiger partial charge in [0.25, 0.3) is 0 Å². The van der Waals surface area contributed by atoms with Crippen LogP contribution in [0.25, 0.3) is 0 Å². The summed E-state index contributed by atoms with van der Waals surface area (Å²) in [6.07, 6.45) is 8.08. The highest BCUT2D eigenvalue weighted by Crippen LogP contribution is 2.32. The Balaban J connectivity index is 1.33. The van der Waals surface area contributed by atoms with E-state index in [1.54, 1.807) is 12.4 Å². The number of amides is 1. The lowest BCUT2D eigenvalue weighted by Crippen LogP contribution is -2.44. The van der Waals surface area contributed by atoms with Crippen LogP contribution in [0, 0.1) is 5.92 Å². The summed E-state index contributed by atoms with van der Waals surface area (Å²) in [6, 6.07) is 7.92. The van der Waals surface area contributed by atoms with Gasteiger partial charge in [0.05, 0.1) is 18.1 Å². The van der Waals surface area contributed by atoms with Crippen molar-refractivity contribution in [1.29, 1.82) is 0 Å². The van der Waals surface area contributed by atoms with Crippen molar-refractivity contribution in [3.8, 4) is 0 Å². The molecule has 2 aliphatic heterocycles. The number of aromatic nitrogens is 2. The van der Waals surface area contributed by atoms with Gasteiger partial charge in [0.2, 0.25) is 5.91 Å². The van der Waals surface area contributed by atoms with Crippen molar-refractivity contribution in [2.45, 2.75) is 31.7 Å². The molecule has 3 atom stereocenters. The number of nitrogens with one attached hydrogen (secondary N) is 1. The third kappa shape index (κ3) is 3.86. The SMILES string of the molecule is O=C(NCc1cccnc1)C1CC2CN(Cc3ccncc3)CC1O2. The minimum atomic E-state index is -0.0656. The van der Waals surface area contributed by atoms with Crippen molar-refractivity contribution >= 4 is 5.91 Å². The van der Waals surface area contributed by atoms with Crippen LogP contribution in [0.2, 0.25) is 0 Å². The van der Waals surface area contributed by atoms with E-state index in [9.17, 15) is 4.79 Å². The number of likely N-dealkylation sites (tertiary alicyclic amines) is 1. The predicted octanol–water partition coefficient (Wildman–Crippen LogP) is 1.38. The van der Waals surface area contributed by atoms with Crippen molar-refractivity contribution in [3.63, 3.8) is 0 Å². The van der Waals surface area contributed by atoms with Crippen molar-refractivity contribution in [2.24, 2.45) is 5.92 Å². The van der Waals surface area contributed by atoms with Crippen molar-refractivity contribution in [3.05, 3.63) is 60.2 Å². The first-order valence-corrected chi connectivity index (χ1v) is 8.71. The number of rotatable bonds is 5. The van der Waals surface area contributed by atoms with Gasteiger partial charge in [0, 0.05) is 51.0 Å². The van der Waals surface area contributed by atoms with Gasteiger partial charge in [0.15, 0.2) is 0 Å². The molecule has 0 saturated carbocycles. The summed E-state index contributed by atoms with van der Waals surface area (Å²) in [5, 5.41) is 3.03. The van der Waals surface area contributed by atoms with Crippen LogP contribution in [0.5, 0.6) is 0 Å². The average Bonchev–Trinajstić information content (AvgIpc) is 2.96. The van der Waals surface area contributed by atoms with E-state index in [1.165, 1.54) is 5.56 Å². The van der Waals surface area contributed by atoms with Gasteiger partial charge in [-0.3, -0.25) is 19.7 Å². The van der Waals surface area contributed by atoms with Gasteiger partial charge in [0.1, 0.15) is 0 Å². The molecular weight excluding hydrogens is 316 g/mol. The Hall–Kier alpha value is -2.31. The zero-order valence-electron chi connectivity index (χ0n) is 14.0. The fraction of sp³-hybridized carbons (Fsp3) is 0.421. The molecule has 2 saturated heterocycles. The summed E-state index contributed by atoms with van der Waals surface area (Å²) in [5.74, 6) is 0.0197. The van der Waals surface area contributed by atoms with Crippen molar-refractivity contribution in [2.75, 3.05) is 13.1 Å². The lowest BCUT2D eigenvalue weighted by molar-refractivity contribution is -0.128. The summed E-state index contributed by atoms with van der Waals surface area (Å²) in [5.41, 5.74) is 2.26. The van der Waals surface area contributed by atoms with E-state index in [4.69, 9.17) is 4.74 Å². The largest absolute Gasteiger partial charge is 0.371 e. The lowest BCUT2D eigenvalue weighted by atomic mass is 9.99. The number of carbonyl (C=O) groups is 1. The topological polar surface area (TPSA) is 67.4 Å². The van der Waals surface area contributed by atoms with Crippen LogP contribution < -0.4 is 5.32 Å². The molecule has 0 radical (unpaired) electrons. The average molecular weight is 338 g/mol. The smallest absolute Gasteiger partial charge is 0.226 e. The van der Waals surface area contributed by atoms with Gasteiger partial charge in [-0.15, -0.1) is 0 Å². The highest BCUT2D eigenvalue weighted by molar-refractivity contribution is 5.79. The van der Waals surface area contributed by atoms with Crippen LogP contribution in [0.3, 0.4) is 0 Å². The molecular formula is C19H22N4O2. The maximum Gasteiger partial charge on any atom is 0.226 e. The first-order valence-electron chi connectivity index (χ1n) is 8.71. The maximum absolute atomic E-state index is 12.6. The molecule has 25 heavy (non-hydrogen) atoms. The molecule has 2 aliphatic rings. The van der Waals surface area contributed by atoms with Gasteiger partial charge in [-0.25, -0.2) is 0 Å². The minimum absolute atomic E-state index is 0.0190. The van der Waals surface area contributed by atoms with Crippen LogP contribution in [0.4, 0.5) is 0 Å². The van der Waals surface area contributed by atoms with Gasteiger partial charge in [-0.2, -0.15) is 0 Å². The Morgan fingerprint density at radius 3 is 2.84 bits per heavy atom. The molecule has 0 aromatic carbocycles. The van der Waals surface area contributed by atoms with Crippen LogP contribution >= 0.6 is 0 Å². The summed E-state index contributed by atoms with van der Waals surface area (Å²) in [4.78, 5) is 23.1. The second-order valence-electron chi connectivity index (χ2n) is 6.77. The molecule has 4 rings (SSSR count). The summed E-state index contributed by atoms with van der Waals surface area (Å²) < 4.78 is 6.02. The second kappa shape index (κ2) is 7.29. The zero-order valence-corrected chi connectivity index (χ0v) is 14.0. The molecule has 1 amide bonds. The minimum Gasteiger partial charge on any atom is -0.371 e. The molecule has 4 heterocycles. The highest BCUT2D eigenvalue weighted by atomic mass is 16.5. The number of hydrogen-bond donors (Lipinski definition) is 1. The number of fused-ring (bicyclic) bond motifs is 2. The van der Waals surface area contributed by atoms with Crippen LogP contribution in [-0.4, -0.2) is 46.1 Å². The molecule has 6 nitrogen and oxygen atoms in total. The van der Waals surface area contributed by atoms with E-state index in [-0.39, 0.29) is 24.0 Å². The van der Waals surface area contributed by atoms with Crippen LogP contribution in [0.1, 0.15) is 17.5 Å². The van der Waals surface area contributed by atoms with Crippen LogP contribution in [-0.2, 0) is 22.6 Å². The van der Waals surface area contributed by atoms with Crippen molar-refractivity contribution in [1.82, 2.24) is 20.2 Å². The Morgan fingerprint density at radius 2 is 2.04 bits per heavy atom. The Morgan fingerprint density at radius 1 is 1.16 bits per heavy atom. The van der Waals surface area contributed by atoms with Gasteiger partial charge < -0.3 is 10.1 Å². The van der Waals surface area contributed by atoms with Gasteiger partial charge in [-0.05, 0) is 35.7 Å². The zero-order chi connectivity index (χ0) is 17.1. The molecule has 2 aromatic rings. The third-order valence-electron chi connectivity index (χ3n) is 4.91. The maximum atomic E-state index is 12.6. The standard InChI is InChI=1S/C19H22N4O2/c24-19(22-10-15-2-1-5-21-9-15)17-8-16-12-23(13-18(17)25-16)11-14-3-6-20-7-4-14/h1-7,9,16-18H,8,10-13H2,(H,22,24). The first-order chi connectivity index (χ1) is 12.3. The van der Waals surface area contributed by atoms with E-state index in [0.717, 1.165) is 31.6 Å². The number of carbonyl (C=O) groups excluding carboxylic acids is 1. The molecule has 2 bridgehead atoms. The predicted molar refractivity (Wildman–Crippen MR) is 92.4 cm³/mol. The molecule has 0 spiro atoms. The molecule has 6 heteroatoms. The summed E-state index contributed by atoms with van der Waals surface area (Å²) >= 11 is 0. The van der Waals surface area contributed by atoms with Gasteiger partial charge in [-0.1, -0.05) is 6.07 Å². The summed E-state index contributed by atoms with van der Waals surface area (Å²) in [6.45, 7) is 3.07.